The summed E-state index contributed by atoms with van der Waals surface area (Å²) >= 11 is 5.56. The van der Waals surface area contributed by atoms with Crippen LogP contribution in [-0.4, -0.2) is 23.8 Å². The molecule has 1 N–H and O–H groups in total. The SMILES string of the molecule is COC(=O)CCC(=O)c1c[nH]c(=O)c(Cl)c1. The van der Waals surface area contributed by atoms with Gasteiger partial charge in [0.05, 0.1) is 13.5 Å². The summed E-state index contributed by atoms with van der Waals surface area (Å²) in [5.74, 6) is -0.729. The standard InChI is InChI=1S/C10H10ClNO4/c1-16-9(14)3-2-8(13)6-4-7(11)10(15)12-5-6/h4-5H,2-3H2,1H3,(H,12,15). The van der Waals surface area contributed by atoms with Crippen LogP contribution in [0.3, 0.4) is 0 Å². The fourth-order valence-corrected chi connectivity index (χ4v) is 1.25. The minimum atomic E-state index is -0.455. The summed E-state index contributed by atoms with van der Waals surface area (Å²) in [4.78, 5) is 35.6. The van der Waals surface area contributed by atoms with Crippen molar-refractivity contribution in [2.24, 2.45) is 0 Å². The molecule has 16 heavy (non-hydrogen) atoms. The second-order valence-electron chi connectivity index (χ2n) is 3.06. The van der Waals surface area contributed by atoms with Crippen molar-refractivity contribution in [1.82, 2.24) is 4.98 Å². The molecule has 0 aliphatic carbocycles. The van der Waals surface area contributed by atoms with Gasteiger partial charge in [-0.1, -0.05) is 11.6 Å². The normalized spacial score (nSPS) is 9.88. The summed E-state index contributed by atoms with van der Waals surface area (Å²) in [6.07, 6.45) is 1.30. The Hall–Kier alpha value is -1.62. The first kappa shape index (κ1) is 12.4. The summed E-state index contributed by atoms with van der Waals surface area (Å²) < 4.78 is 4.40. The number of aromatic nitrogens is 1. The van der Waals surface area contributed by atoms with Gasteiger partial charge >= 0.3 is 5.97 Å². The van der Waals surface area contributed by atoms with E-state index in [4.69, 9.17) is 11.6 Å². The van der Waals surface area contributed by atoms with Crippen LogP contribution in [0.1, 0.15) is 23.2 Å². The van der Waals surface area contributed by atoms with E-state index in [1.807, 2.05) is 0 Å². The highest BCUT2D eigenvalue weighted by atomic mass is 35.5. The second kappa shape index (κ2) is 5.46. The van der Waals surface area contributed by atoms with E-state index in [2.05, 4.69) is 9.72 Å². The summed E-state index contributed by atoms with van der Waals surface area (Å²) in [6.45, 7) is 0. The first-order chi connectivity index (χ1) is 7.54. The average molecular weight is 244 g/mol. The number of nitrogens with one attached hydrogen (secondary N) is 1. The third kappa shape index (κ3) is 3.20. The Morgan fingerprint density at radius 3 is 2.69 bits per heavy atom. The first-order valence-electron chi connectivity index (χ1n) is 4.53. The zero-order valence-corrected chi connectivity index (χ0v) is 9.34. The van der Waals surface area contributed by atoms with Crippen molar-refractivity contribution in [3.05, 3.63) is 33.2 Å². The zero-order chi connectivity index (χ0) is 12.1. The quantitative estimate of drug-likeness (QED) is 0.636. The summed E-state index contributed by atoms with van der Waals surface area (Å²) in [6, 6.07) is 1.28. The smallest absolute Gasteiger partial charge is 0.305 e. The van der Waals surface area contributed by atoms with Crippen molar-refractivity contribution in [2.45, 2.75) is 12.8 Å². The van der Waals surface area contributed by atoms with Crippen LogP contribution in [0, 0.1) is 0 Å². The van der Waals surface area contributed by atoms with E-state index in [9.17, 15) is 14.4 Å². The van der Waals surface area contributed by atoms with Crippen LogP contribution in [0.5, 0.6) is 0 Å². The van der Waals surface area contributed by atoms with Gasteiger partial charge in [0.15, 0.2) is 5.78 Å². The number of carbonyl (C=O) groups is 2. The van der Waals surface area contributed by atoms with Crippen LogP contribution < -0.4 is 5.56 Å². The maximum atomic E-state index is 11.5. The Balaban J connectivity index is 2.70. The number of carbonyl (C=O) groups excluding carboxylic acids is 2. The molecule has 0 saturated heterocycles. The third-order valence-electron chi connectivity index (χ3n) is 1.96. The van der Waals surface area contributed by atoms with Gasteiger partial charge in [0.2, 0.25) is 0 Å². The largest absolute Gasteiger partial charge is 0.469 e. The number of halogens is 1. The fraction of sp³-hybridized carbons (Fsp3) is 0.300. The number of esters is 1. The topological polar surface area (TPSA) is 76.2 Å². The number of pyridine rings is 1. The van der Waals surface area contributed by atoms with Crippen LogP contribution in [-0.2, 0) is 9.53 Å². The molecular weight excluding hydrogens is 234 g/mol. The molecule has 0 fully saturated rings. The van der Waals surface area contributed by atoms with Crippen LogP contribution in [0.2, 0.25) is 5.02 Å². The number of hydrogen-bond acceptors (Lipinski definition) is 4. The van der Waals surface area contributed by atoms with E-state index in [-0.39, 0.29) is 29.2 Å². The fourth-order valence-electron chi connectivity index (χ4n) is 1.08. The Morgan fingerprint density at radius 2 is 2.12 bits per heavy atom. The molecule has 0 atom stereocenters. The molecule has 1 heterocycles. The Morgan fingerprint density at radius 1 is 1.44 bits per heavy atom. The minimum Gasteiger partial charge on any atom is -0.469 e. The molecule has 1 aromatic heterocycles. The van der Waals surface area contributed by atoms with Gasteiger partial charge in [0, 0.05) is 18.2 Å². The molecule has 0 radical (unpaired) electrons. The number of hydrogen-bond donors (Lipinski definition) is 1. The second-order valence-corrected chi connectivity index (χ2v) is 3.47. The van der Waals surface area contributed by atoms with Gasteiger partial charge in [-0.15, -0.1) is 0 Å². The lowest BCUT2D eigenvalue weighted by Gasteiger charge is -2.00. The number of aromatic amines is 1. The maximum Gasteiger partial charge on any atom is 0.305 e. The zero-order valence-electron chi connectivity index (χ0n) is 8.58. The molecule has 5 nitrogen and oxygen atoms in total. The number of ether oxygens (including phenoxy) is 1. The molecule has 86 valence electrons. The van der Waals surface area contributed by atoms with Crippen LogP contribution >= 0.6 is 11.6 Å². The highest BCUT2D eigenvalue weighted by molar-refractivity contribution is 6.30. The molecule has 0 amide bonds. The van der Waals surface area contributed by atoms with Crippen molar-refractivity contribution in [3.8, 4) is 0 Å². The number of ketones is 1. The molecule has 0 saturated carbocycles. The Labute approximate surface area is 96.4 Å². The van der Waals surface area contributed by atoms with Gasteiger partial charge in [-0.05, 0) is 6.07 Å². The highest BCUT2D eigenvalue weighted by Crippen LogP contribution is 2.08. The van der Waals surface area contributed by atoms with Gasteiger partial charge in [0.25, 0.3) is 5.56 Å². The van der Waals surface area contributed by atoms with E-state index in [1.165, 1.54) is 19.4 Å². The van der Waals surface area contributed by atoms with E-state index in [0.29, 0.717) is 0 Å². The molecule has 0 bridgehead atoms. The van der Waals surface area contributed by atoms with E-state index in [0.717, 1.165) is 0 Å². The molecule has 0 unspecified atom stereocenters. The van der Waals surface area contributed by atoms with Gasteiger partial charge in [-0.3, -0.25) is 14.4 Å². The van der Waals surface area contributed by atoms with Crippen LogP contribution in [0.25, 0.3) is 0 Å². The van der Waals surface area contributed by atoms with Crippen molar-refractivity contribution in [1.29, 1.82) is 0 Å². The predicted octanol–water partition coefficient (Wildman–Crippen LogP) is 1.16. The Bertz CT molecular complexity index is 466. The predicted molar refractivity (Wildman–Crippen MR) is 57.7 cm³/mol. The average Bonchev–Trinajstić information content (AvgIpc) is 2.29. The molecule has 0 spiro atoms. The third-order valence-corrected chi connectivity index (χ3v) is 2.24. The van der Waals surface area contributed by atoms with Gasteiger partial charge in [-0.25, -0.2) is 0 Å². The summed E-state index contributed by atoms with van der Waals surface area (Å²) in [7, 11) is 1.25. The lowest BCUT2D eigenvalue weighted by molar-refractivity contribution is -0.140. The number of Topliss-reactive ketones (excluding diaryl/α,β-unsaturated/α-hetero) is 1. The maximum absolute atomic E-state index is 11.5. The van der Waals surface area contributed by atoms with Crippen molar-refractivity contribution < 1.29 is 14.3 Å². The Kier molecular flexibility index (Phi) is 4.25. The van der Waals surface area contributed by atoms with E-state index in [1.54, 1.807) is 0 Å². The lowest BCUT2D eigenvalue weighted by Crippen LogP contribution is -2.10. The molecule has 0 aromatic carbocycles. The monoisotopic (exact) mass is 243 g/mol. The van der Waals surface area contributed by atoms with Crippen LogP contribution in [0.4, 0.5) is 0 Å². The molecule has 1 rings (SSSR count). The number of methoxy groups -OCH3 is 1. The van der Waals surface area contributed by atoms with Crippen molar-refractivity contribution in [2.75, 3.05) is 7.11 Å². The van der Waals surface area contributed by atoms with Gasteiger partial charge in [0.1, 0.15) is 5.02 Å². The lowest BCUT2D eigenvalue weighted by atomic mass is 10.1. The molecule has 0 aliphatic heterocycles. The summed E-state index contributed by atoms with van der Waals surface area (Å²) in [5.41, 5.74) is -0.181. The first-order valence-corrected chi connectivity index (χ1v) is 4.90. The molecule has 6 heteroatoms. The van der Waals surface area contributed by atoms with E-state index < -0.39 is 11.5 Å². The minimum absolute atomic E-state index is 0.00603. The van der Waals surface area contributed by atoms with Crippen molar-refractivity contribution >= 4 is 23.4 Å². The van der Waals surface area contributed by atoms with E-state index >= 15 is 0 Å². The van der Waals surface area contributed by atoms with Gasteiger partial charge in [-0.2, -0.15) is 0 Å². The molecular formula is C10H10ClNO4. The van der Waals surface area contributed by atoms with Crippen LogP contribution in [0.15, 0.2) is 17.1 Å². The number of H-pyrrole nitrogens is 1. The number of rotatable bonds is 4. The van der Waals surface area contributed by atoms with Crippen molar-refractivity contribution in [3.63, 3.8) is 0 Å². The summed E-state index contributed by atoms with van der Waals surface area (Å²) in [5, 5.41) is -0.0519. The molecule has 1 aromatic rings. The molecule has 0 aliphatic rings. The van der Waals surface area contributed by atoms with Gasteiger partial charge < -0.3 is 9.72 Å². The highest BCUT2D eigenvalue weighted by Gasteiger charge is 2.10.